The van der Waals surface area contributed by atoms with E-state index >= 15 is 0 Å². The monoisotopic (exact) mass is 167 g/mol. The SMILES string of the molecule is OC(c1cn[nH]c1)C1CCNC1. The molecule has 3 N–H and O–H groups in total. The van der Waals surface area contributed by atoms with Crippen LogP contribution in [0.2, 0.25) is 0 Å². The molecule has 4 nitrogen and oxygen atoms in total. The van der Waals surface area contributed by atoms with Gasteiger partial charge in [-0.3, -0.25) is 5.10 Å². The van der Waals surface area contributed by atoms with Crippen molar-refractivity contribution in [1.82, 2.24) is 15.5 Å². The standard InChI is InChI=1S/C8H13N3O/c12-8(6-1-2-9-3-6)7-4-10-11-5-7/h4-6,8-9,12H,1-3H2,(H,10,11). The Bertz CT molecular complexity index is 228. The number of nitrogens with one attached hydrogen (secondary N) is 2. The zero-order chi connectivity index (χ0) is 8.39. The minimum atomic E-state index is -0.362. The molecule has 2 atom stereocenters. The molecular weight excluding hydrogens is 154 g/mol. The van der Waals surface area contributed by atoms with Crippen LogP contribution >= 0.6 is 0 Å². The zero-order valence-corrected chi connectivity index (χ0v) is 6.83. The minimum Gasteiger partial charge on any atom is -0.388 e. The van der Waals surface area contributed by atoms with Crippen LogP contribution in [0.15, 0.2) is 12.4 Å². The lowest BCUT2D eigenvalue weighted by Gasteiger charge is -2.14. The molecule has 1 aliphatic heterocycles. The van der Waals surface area contributed by atoms with Crippen LogP contribution in [0.3, 0.4) is 0 Å². The molecule has 66 valence electrons. The molecule has 1 fully saturated rings. The Morgan fingerprint density at radius 3 is 3.17 bits per heavy atom. The second kappa shape index (κ2) is 3.25. The van der Waals surface area contributed by atoms with Gasteiger partial charge in [0.1, 0.15) is 0 Å². The highest BCUT2D eigenvalue weighted by molar-refractivity contribution is 5.08. The highest BCUT2D eigenvalue weighted by atomic mass is 16.3. The summed E-state index contributed by atoms with van der Waals surface area (Å²) in [6.45, 7) is 1.92. The summed E-state index contributed by atoms with van der Waals surface area (Å²) in [4.78, 5) is 0. The van der Waals surface area contributed by atoms with E-state index in [1.807, 2.05) is 0 Å². The van der Waals surface area contributed by atoms with Crippen LogP contribution in [-0.4, -0.2) is 28.4 Å². The third kappa shape index (κ3) is 1.35. The topological polar surface area (TPSA) is 60.9 Å². The number of rotatable bonds is 2. The highest BCUT2D eigenvalue weighted by Gasteiger charge is 2.24. The van der Waals surface area contributed by atoms with E-state index in [0.29, 0.717) is 5.92 Å². The molecule has 2 unspecified atom stereocenters. The van der Waals surface area contributed by atoms with Crippen molar-refractivity contribution in [3.05, 3.63) is 18.0 Å². The van der Waals surface area contributed by atoms with E-state index in [4.69, 9.17) is 0 Å². The third-order valence-electron chi connectivity index (χ3n) is 2.41. The van der Waals surface area contributed by atoms with Crippen molar-refractivity contribution in [3.63, 3.8) is 0 Å². The Kier molecular flexibility index (Phi) is 2.10. The summed E-state index contributed by atoms with van der Waals surface area (Å²) in [5, 5.41) is 19.5. The molecule has 0 bridgehead atoms. The van der Waals surface area contributed by atoms with Gasteiger partial charge in [0, 0.05) is 24.2 Å². The number of aromatic nitrogens is 2. The first-order valence-electron chi connectivity index (χ1n) is 4.25. The molecule has 1 saturated heterocycles. The molecule has 12 heavy (non-hydrogen) atoms. The number of aliphatic hydroxyl groups excluding tert-OH is 1. The van der Waals surface area contributed by atoms with Crippen molar-refractivity contribution in [2.24, 2.45) is 5.92 Å². The minimum absolute atomic E-state index is 0.350. The van der Waals surface area contributed by atoms with Crippen molar-refractivity contribution < 1.29 is 5.11 Å². The van der Waals surface area contributed by atoms with Crippen molar-refractivity contribution in [2.75, 3.05) is 13.1 Å². The maximum Gasteiger partial charge on any atom is 0.0861 e. The molecular formula is C8H13N3O. The number of H-pyrrole nitrogens is 1. The molecule has 0 spiro atoms. The van der Waals surface area contributed by atoms with Crippen LogP contribution in [0.4, 0.5) is 0 Å². The van der Waals surface area contributed by atoms with E-state index in [9.17, 15) is 5.11 Å². The number of hydrogen-bond donors (Lipinski definition) is 3. The molecule has 2 rings (SSSR count). The second-order valence-electron chi connectivity index (χ2n) is 3.23. The lowest BCUT2D eigenvalue weighted by Crippen LogP contribution is -2.15. The first kappa shape index (κ1) is 7.76. The number of aromatic amines is 1. The van der Waals surface area contributed by atoms with Crippen LogP contribution in [0.5, 0.6) is 0 Å². The molecule has 1 aromatic heterocycles. The predicted octanol–water partition coefficient (Wildman–Crippen LogP) is 0.0526. The Morgan fingerprint density at radius 1 is 1.67 bits per heavy atom. The van der Waals surface area contributed by atoms with E-state index in [1.54, 1.807) is 12.4 Å². The van der Waals surface area contributed by atoms with E-state index < -0.39 is 0 Å². The number of nitrogens with zero attached hydrogens (tertiary/aromatic N) is 1. The summed E-state index contributed by atoms with van der Waals surface area (Å²) in [5.41, 5.74) is 0.892. The van der Waals surface area contributed by atoms with E-state index in [-0.39, 0.29) is 6.10 Å². The van der Waals surface area contributed by atoms with Crippen LogP contribution in [0.25, 0.3) is 0 Å². The van der Waals surface area contributed by atoms with Crippen LogP contribution in [0, 0.1) is 5.92 Å². The first-order valence-corrected chi connectivity index (χ1v) is 4.25. The summed E-state index contributed by atoms with van der Waals surface area (Å²) in [5.74, 6) is 0.350. The predicted molar refractivity (Wildman–Crippen MR) is 44.5 cm³/mol. The molecule has 0 aliphatic carbocycles. The van der Waals surface area contributed by atoms with Gasteiger partial charge in [-0.15, -0.1) is 0 Å². The van der Waals surface area contributed by atoms with Crippen LogP contribution in [0.1, 0.15) is 18.1 Å². The molecule has 0 saturated carbocycles. The van der Waals surface area contributed by atoms with Crippen molar-refractivity contribution in [2.45, 2.75) is 12.5 Å². The number of hydrogen-bond acceptors (Lipinski definition) is 3. The Balaban J connectivity index is 2.04. The molecule has 0 amide bonds. The van der Waals surface area contributed by atoms with E-state index in [1.165, 1.54) is 0 Å². The average Bonchev–Trinajstić information content (AvgIpc) is 2.77. The fraction of sp³-hybridized carbons (Fsp3) is 0.625. The Hall–Kier alpha value is -0.870. The summed E-state index contributed by atoms with van der Waals surface area (Å²) in [6.07, 6.45) is 4.12. The fourth-order valence-corrected chi connectivity index (χ4v) is 1.64. The van der Waals surface area contributed by atoms with Gasteiger partial charge in [0.2, 0.25) is 0 Å². The average molecular weight is 167 g/mol. The molecule has 4 heteroatoms. The number of aliphatic hydroxyl groups is 1. The van der Waals surface area contributed by atoms with Gasteiger partial charge in [-0.1, -0.05) is 0 Å². The molecule has 0 aromatic carbocycles. The summed E-state index contributed by atoms with van der Waals surface area (Å²) in [7, 11) is 0. The Morgan fingerprint density at radius 2 is 2.58 bits per heavy atom. The third-order valence-corrected chi connectivity index (χ3v) is 2.41. The van der Waals surface area contributed by atoms with Gasteiger partial charge in [0.05, 0.1) is 12.3 Å². The molecule has 1 aliphatic rings. The molecule has 2 heterocycles. The lowest BCUT2D eigenvalue weighted by molar-refractivity contribution is 0.118. The summed E-state index contributed by atoms with van der Waals surface area (Å²) < 4.78 is 0. The van der Waals surface area contributed by atoms with Crippen LogP contribution < -0.4 is 5.32 Å². The normalized spacial score (nSPS) is 25.9. The van der Waals surface area contributed by atoms with Gasteiger partial charge in [-0.25, -0.2) is 0 Å². The molecule has 1 aromatic rings. The van der Waals surface area contributed by atoms with Crippen molar-refractivity contribution in [1.29, 1.82) is 0 Å². The van der Waals surface area contributed by atoms with Gasteiger partial charge >= 0.3 is 0 Å². The van der Waals surface area contributed by atoms with Gasteiger partial charge in [-0.05, 0) is 13.0 Å². The van der Waals surface area contributed by atoms with Crippen molar-refractivity contribution in [3.8, 4) is 0 Å². The van der Waals surface area contributed by atoms with E-state index in [2.05, 4.69) is 15.5 Å². The molecule has 0 radical (unpaired) electrons. The Labute approximate surface area is 71.0 Å². The van der Waals surface area contributed by atoms with Crippen molar-refractivity contribution >= 4 is 0 Å². The maximum atomic E-state index is 9.81. The lowest BCUT2D eigenvalue weighted by atomic mass is 9.97. The summed E-state index contributed by atoms with van der Waals surface area (Å²) >= 11 is 0. The largest absolute Gasteiger partial charge is 0.388 e. The van der Waals surface area contributed by atoms with Gasteiger partial charge < -0.3 is 10.4 Å². The van der Waals surface area contributed by atoms with Gasteiger partial charge in [-0.2, -0.15) is 5.10 Å². The van der Waals surface area contributed by atoms with Crippen LogP contribution in [-0.2, 0) is 0 Å². The second-order valence-corrected chi connectivity index (χ2v) is 3.23. The zero-order valence-electron chi connectivity index (χ0n) is 6.83. The van der Waals surface area contributed by atoms with Gasteiger partial charge in [0.15, 0.2) is 0 Å². The highest BCUT2D eigenvalue weighted by Crippen LogP contribution is 2.25. The maximum absolute atomic E-state index is 9.81. The smallest absolute Gasteiger partial charge is 0.0861 e. The fourth-order valence-electron chi connectivity index (χ4n) is 1.64. The summed E-state index contributed by atoms with van der Waals surface area (Å²) in [6, 6.07) is 0. The van der Waals surface area contributed by atoms with Gasteiger partial charge in [0.25, 0.3) is 0 Å². The first-order chi connectivity index (χ1) is 5.88. The van der Waals surface area contributed by atoms with E-state index in [0.717, 1.165) is 25.1 Å². The quantitative estimate of drug-likeness (QED) is 0.583.